The number of carbonyl (C=O) groups is 3. The predicted octanol–water partition coefficient (Wildman–Crippen LogP) is 3.06. The number of halogens is 1. The zero-order chi connectivity index (χ0) is 17.3. The van der Waals surface area contributed by atoms with Crippen LogP contribution in [0, 0.1) is 11.8 Å². The lowest BCUT2D eigenvalue weighted by atomic mass is 9.81. The summed E-state index contributed by atoms with van der Waals surface area (Å²) in [6, 6.07) is 6.56. The number of carbonyl (C=O) groups excluding carboxylic acids is 3. The van der Waals surface area contributed by atoms with Gasteiger partial charge in [0.05, 0.1) is 11.8 Å². The summed E-state index contributed by atoms with van der Waals surface area (Å²) in [5, 5.41) is 0. The fourth-order valence-electron chi connectivity index (χ4n) is 3.53. The molecule has 0 radical (unpaired) electrons. The average molecular weight is 394 g/mol. The van der Waals surface area contributed by atoms with Crippen molar-refractivity contribution in [2.24, 2.45) is 11.8 Å². The number of imide groups is 1. The second-order valence-corrected chi connectivity index (χ2v) is 7.37. The Balaban J connectivity index is 1.63. The van der Waals surface area contributed by atoms with E-state index in [0.29, 0.717) is 0 Å². The summed E-state index contributed by atoms with van der Waals surface area (Å²) in [4.78, 5) is 38.4. The van der Waals surface area contributed by atoms with Crippen LogP contribution in [0.4, 0.5) is 0 Å². The molecule has 2 fully saturated rings. The maximum absolute atomic E-state index is 12.5. The minimum atomic E-state index is -0.869. The van der Waals surface area contributed by atoms with Crippen molar-refractivity contribution in [3.8, 4) is 0 Å². The lowest BCUT2D eigenvalue weighted by Crippen LogP contribution is -2.44. The van der Waals surface area contributed by atoms with Crippen LogP contribution in [-0.4, -0.2) is 28.7 Å². The SMILES string of the molecule is CC(C(=O)OCc1ccc(Br)cc1)N1C(=O)C2CCCCC2C1=O. The lowest BCUT2D eigenvalue weighted by molar-refractivity contribution is -0.159. The van der Waals surface area contributed by atoms with Crippen molar-refractivity contribution >= 4 is 33.7 Å². The van der Waals surface area contributed by atoms with Crippen molar-refractivity contribution in [2.45, 2.75) is 45.3 Å². The second-order valence-electron chi connectivity index (χ2n) is 6.45. The smallest absolute Gasteiger partial charge is 0.329 e. The van der Waals surface area contributed by atoms with Gasteiger partial charge in [-0.15, -0.1) is 0 Å². The van der Waals surface area contributed by atoms with E-state index >= 15 is 0 Å². The molecule has 1 aliphatic heterocycles. The molecule has 1 aromatic carbocycles. The standard InChI is InChI=1S/C18H20BrNO4/c1-11(18(23)24-10-12-6-8-13(19)9-7-12)20-16(21)14-4-2-3-5-15(14)17(20)22/h6-9,11,14-15H,2-5,10H2,1H3. The Morgan fingerprint density at radius 2 is 1.71 bits per heavy atom. The van der Waals surface area contributed by atoms with Crippen LogP contribution < -0.4 is 0 Å². The van der Waals surface area contributed by atoms with Crippen LogP contribution in [0.2, 0.25) is 0 Å². The summed E-state index contributed by atoms with van der Waals surface area (Å²) in [6.45, 7) is 1.69. The second kappa shape index (κ2) is 7.05. The van der Waals surface area contributed by atoms with Gasteiger partial charge in [-0.3, -0.25) is 14.5 Å². The van der Waals surface area contributed by atoms with E-state index in [-0.39, 0.29) is 30.3 Å². The quantitative estimate of drug-likeness (QED) is 0.582. The molecule has 3 atom stereocenters. The van der Waals surface area contributed by atoms with Crippen LogP contribution in [-0.2, 0) is 25.7 Å². The molecule has 1 heterocycles. The van der Waals surface area contributed by atoms with Crippen LogP contribution in [0.25, 0.3) is 0 Å². The monoisotopic (exact) mass is 393 g/mol. The van der Waals surface area contributed by atoms with Crippen LogP contribution in [0.1, 0.15) is 38.2 Å². The zero-order valence-electron chi connectivity index (χ0n) is 13.5. The minimum absolute atomic E-state index is 0.125. The first-order chi connectivity index (χ1) is 11.5. The van der Waals surface area contributed by atoms with Gasteiger partial charge in [-0.25, -0.2) is 4.79 Å². The Bertz CT molecular complexity index is 633. The molecule has 1 saturated heterocycles. The van der Waals surface area contributed by atoms with Gasteiger partial charge < -0.3 is 4.74 Å². The number of esters is 1. The summed E-state index contributed by atoms with van der Waals surface area (Å²) >= 11 is 3.35. The summed E-state index contributed by atoms with van der Waals surface area (Å²) in [6.07, 6.45) is 3.42. The van der Waals surface area contributed by atoms with Crippen molar-refractivity contribution < 1.29 is 19.1 Å². The van der Waals surface area contributed by atoms with E-state index in [1.165, 1.54) is 0 Å². The highest BCUT2D eigenvalue weighted by Gasteiger charge is 2.51. The van der Waals surface area contributed by atoms with Crippen molar-refractivity contribution in [3.63, 3.8) is 0 Å². The Morgan fingerprint density at radius 3 is 2.25 bits per heavy atom. The number of likely N-dealkylation sites (tertiary alicyclic amines) is 1. The van der Waals surface area contributed by atoms with Crippen LogP contribution >= 0.6 is 15.9 Å². The van der Waals surface area contributed by atoms with Crippen molar-refractivity contribution in [1.29, 1.82) is 0 Å². The first kappa shape index (κ1) is 17.1. The third-order valence-corrected chi connectivity index (χ3v) is 5.43. The molecule has 3 unspecified atom stereocenters. The molecule has 2 aliphatic rings. The van der Waals surface area contributed by atoms with Crippen molar-refractivity contribution in [3.05, 3.63) is 34.3 Å². The van der Waals surface area contributed by atoms with Gasteiger partial charge in [0.1, 0.15) is 12.6 Å². The van der Waals surface area contributed by atoms with Gasteiger partial charge in [-0.1, -0.05) is 40.9 Å². The minimum Gasteiger partial charge on any atom is -0.459 e. The Kier molecular flexibility index (Phi) is 5.04. The van der Waals surface area contributed by atoms with Crippen molar-refractivity contribution in [2.75, 3.05) is 0 Å². The van der Waals surface area contributed by atoms with Gasteiger partial charge in [0, 0.05) is 4.47 Å². The number of benzene rings is 1. The van der Waals surface area contributed by atoms with Crippen LogP contribution in [0.5, 0.6) is 0 Å². The molecule has 1 aliphatic carbocycles. The average Bonchev–Trinajstić information content (AvgIpc) is 2.85. The van der Waals surface area contributed by atoms with E-state index < -0.39 is 12.0 Å². The first-order valence-corrected chi connectivity index (χ1v) is 9.06. The van der Waals surface area contributed by atoms with Gasteiger partial charge in [0.2, 0.25) is 11.8 Å². The molecule has 2 amide bonds. The first-order valence-electron chi connectivity index (χ1n) is 8.27. The van der Waals surface area contributed by atoms with E-state index in [9.17, 15) is 14.4 Å². The number of rotatable bonds is 4. The third kappa shape index (κ3) is 3.24. The normalized spacial score (nSPS) is 24.7. The largest absolute Gasteiger partial charge is 0.459 e. The fraction of sp³-hybridized carbons (Fsp3) is 0.500. The molecular weight excluding hydrogens is 374 g/mol. The number of amides is 2. The molecule has 24 heavy (non-hydrogen) atoms. The predicted molar refractivity (Wildman–Crippen MR) is 90.7 cm³/mol. The topological polar surface area (TPSA) is 63.7 Å². The van der Waals surface area contributed by atoms with Gasteiger partial charge in [0.25, 0.3) is 0 Å². The maximum atomic E-state index is 12.5. The maximum Gasteiger partial charge on any atom is 0.329 e. The number of hydrogen-bond acceptors (Lipinski definition) is 4. The highest BCUT2D eigenvalue weighted by Crippen LogP contribution is 2.38. The molecule has 0 bridgehead atoms. The molecule has 0 N–H and O–H groups in total. The number of hydrogen-bond donors (Lipinski definition) is 0. The number of nitrogens with zero attached hydrogens (tertiary/aromatic N) is 1. The molecule has 3 rings (SSSR count). The summed E-state index contributed by atoms with van der Waals surface area (Å²) < 4.78 is 6.24. The van der Waals surface area contributed by atoms with Gasteiger partial charge >= 0.3 is 5.97 Å². The van der Waals surface area contributed by atoms with E-state index in [1.54, 1.807) is 6.92 Å². The summed E-state index contributed by atoms with van der Waals surface area (Å²) in [7, 11) is 0. The van der Waals surface area contributed by atoms with Gasteiger partial charge in [-0.2, -0.15) is 0 Å². The van der Waals surface area contributed by atoms with Crippen LogP contribution in [0.3, 0.4) is 0 Å². The van der Waals surface area contributed by atoms with Gasteiger partial charge in [0.15, 0.2) is 0 Å². The molecule has 128 valence electrons. The number of fused-ring (bicyclic) bond motifs is 1. The van der Waals surface area contributed by atoms with E-state index in [2.05, 4.69) is 15.9 Å². The molecule has 0 aromatic heterocycles. The summed E-state index contributed by atoms with van der Waals surface area (Å²) in [5.74, 6) is -1.45. The van der Waals surface area contributed by atoms with Crippen LogP contribution in [0.15, 0.2) is 28.7 Å². The molecule has 0 spiro atoms. The lowest BCUT2D eigenvalue weighted by Gasteiger charge is -2.21. The molecular formula is C18H20BrNO4. The van der Waals surface area contributed by atoms with E-state index in [0.717, 1.165) is 40.6 Å². The fourth-order valence-corrected chi connectivity index (χ4v) is 3.80. The highest BCUT2D eigenvalue weighted by molar-refractivity contribution is 9.10. The zero-order valence-corrected chi connectivity index (χ0v) is 15.1. The molecule has 5 nitrogen and oxygen atoms in total. The molecule has 1 saturated carbocycles. The van der Waals surface area contributed by atoms with Gasteiger partial charge in [-0.05, 0) is 37.5 Å². The Morgan fingerprint density at radius 1 is 1.17 bits per heavy atom. The van der Waals surface area contributed by atoms with Crippen molar-refractivity contribution in [1.82, 2.24) is 4.90 Å². The highest BCUT2D eigenvalue weighted by atomic mass is 79.9. The molecule has 1 aromatic rings. The summed E-state index contributed by atoms with van der Waals surface area (Å²) in [5.41, 5.74) is 0.853. The number of ether oxygens (including phenoxy) is 1. The Labute approximate surface area is 149 Å². The van der Waals surface area contributed by atoms with E-state index in [1.807, 2.05) is 24.3 Å². The third-order valence-electron chi connectivity index (χ3n) is 4.90. The van der Waals surface area contributed by atoms with E-state index in [4.69, 9.17) is 4.74 Å². The Hall–Kier alpha value is -1.69. The molecule has 6 heteroatoms.